The fourth-order valence-corrected chi connectivity index (χ4v) is 5.89. The van der Waals surface area contributed by atoms with Gasteiger partial charge in [0.1, 0.15) is 6.10 Å². The van der Waals surface area contributed by atoms with Gasteiger partial charge in [0.15, 0.2) is 0 Å². The summed E-state index contributed by atoms with van der Waals surface area (Å²) in [5.41, 5.74) is 0. The van der Waals surface area contributed by atoms with Crippen molar-refractivity contribution >= 4 is 5.97 Å². The molecule has 4 aliphatic carbocycles. The molecule has 0 radical (unpaired) electrons. The van der Waals surface area contributed by atoms with E-state index in [1.807, 2.05) is 6.92 Å². The van der Waals surface area contributed by atoms with Crippen molar-refractivity contribution in [3.05, 3.63) is 0 Å². The highest BCUT2D eigenvalue weighted by molar-refractivity contribution is 5.69. The highest BCUT2D eigenvalue weighted by atomic mass is 16.5. The van der Waals surface area contributed by atoms with Gasteiger partial charge in [-0.15, -0.1) is 0 Å². The van der Waals surface area contributed by atoms with Crippen molar-refractivity contribution in [1.82, 2.24) is 0 Å². The first-order valence-corrected chi connectivity index (χ1v) is 7.56. The first kappa shape index (κ1) is 11.3. The van der Waals surface area contributed by atoms with Crippen LogP contribution in [0, 0.1) is 35.5 Å². The van der Waals surface area contributed by atoms with E-state index in [2.05, 4.69) is 0 Å². The Hall–Kier alpha value is -0.570. The monoisotopic (exact) mass is 250 g/mol. The van der Waals surface area contributed by atoms with Crippen LogP contribution in [-0.2, 0) is 9.53 Å². The molecule has 18 heavy (non-hydrogen) atoms. The summed E-state index contributed by atoms with van der Waals surface area (Å²) in [6.45, 7) is 1.87. The Morgan fingerprint density at radius 1 is 1.11 bits per heavy atom. The number of esters is 1. The van der Waals surface area contributed by atoms with Crippen LogP contribution in [0.4, 0.5) is 0 Å². The zero-order valence-electron chi connectivity index (χ0n) is 10.9. The van der Waals surface area contributed by atoms with E-state index in [9.17, 15) is 9.90 Å². The second-order valence-electron chi connectivity index (χ2n) is 6.89. The van der Waals surface area contributed by atoms with E-state index in [0.29, 0.717) is 24.2 Å². The molecule has 4 aliphatic rings. The molecule has 0 heterocycles. The van der Waals surface area contributed by atoms with E-state index >= 15 is 0 Å². The number of hydrogen-bond acceptors (Lipinski definition) is 3. The molecule has 0 saturated heterocycles. The van der Waals surface area contributed by atoms with Gasteiger partial charge in [-0.1, -0.05) is 6.92 Å². The van der Waals surface area contributed by atoms with E-state index < -0.39 is 0 Å². The third-order valence-electron chi connectivity index (χ3n) is 6.29. The van der Waals surface area contributed by atoms with Gasteiger partial charge in [0, 0.05) is 6.42 Å². The van der Waals surface area contributed by atoms with Crippen LogP contribution in [-0.4, -0.2) is 23.3 Å². The Morgan fingerprint density at radius 3 is 2.56 bits per heavy atom. The Labute approximate surface area is 108 Å². The number of fused-ring (bicyclic) bond motifs is 9. The van der Waals surface area contributed by atoms with Crippen molar-refractivity contribution in [2.75, 3.05) is 0 Å². The summed E-state index contributed by atoms with van der Waals surface area (Å²) in [7, 11) is 0. The van der Waals surface area contributed by atoms with Gasteiger partial charge in [-0.05, 0) is 61.2 Å². The van der Waals surface area contributed by atoms with Gasteiger partial charge in [0.25, 0.3) is 0 Å². The molecule has 4 rings (SSSR count). The highest BCUT2D eigenvalue weighted by Gasteiger charge is 2.65. The van der Waals surface area contributed by atoms with Crippen molar-refractivity contribution < 1.29 is 14.6 Å². The minimum atomic E-state index is -0.0350. The quantitative estimate of drug-likeness (QED) is 0.602. The van der Waals surface area contributed by atoms with Crippen molar-refractivity contribution in [2.24, 2.45) is 35.5 Å². The lowest BCUT2D eigenvalue weighted by atomic mass is 9.69. The molecular weight excluding hydrogens is 228 g/mol. The summed E-state index contributed by atoms with van der Waals surface area (Å²) in [4.78, 5) is 11.5. The smallest absolute Gasteiger partial charge is 0.305 e. The number of hydrogen-bond donors (Lipinski definition) is 1. The molecule has 0 aromatic heterocycles. The van der Waals surface area contributed by atoms with Gasteiger partial charge < -0.3 is 9.84 Å². The van der Waals surface area contributed by atoms with Gasteiger partial charge in [-0.2, -0.15) is 0 Å². The number of aliphatic hydroxyl groups excluding tert-OH is 1. The third-order valence-corrected chi connectivity index (χ3v) is 6.29. The van der Waals surface area contributed by atoms with Crippen molar-refractivity contribution in [2.45, 2.75) is 51.2 Å². The topological polar surface area (TPSA) is 46.5 Å². The standard InChI is InChI=1S/C15H22O3/c1-2-13(17)18-12-6-8-4-10(12)15-7-3-9(14(8)15)11(16)5-7/h7-12,14-16H,2-6H2,1H3. The zero-order valence-corrected chi connectivity index (χ0v) is 10.9. The van der Waals surface area contributed by atoms with Gasteiger partial charge in [0.05, 0.1) is 6.10 Å². The van der Waals surface area contributed by atoms with E-state index in [4.69, 9.17) is 4.74 Å². The van der Waals surface area contributed by atoms with E-state index in [1.165, 1.54) is 12.8 Å². The molecule has 0 amide bonds. The second kappa shape index (κ2) is 3.72. The van der Waals surface area contributed by atoms with Crippen LogP contribution < -0.4 is 0 Å². The Bertz CT molecular complexity index is 380. The zero-order chi connectivity index (χ0) is 12.4. The summed E-state index contributed by atoms with van der Waals surface area (Å²) in [5.74, 6) is 4.09. The number of rotatable bonds is 2. The lowest BCUT2D eigenvalue weighted by Gasteiger charge is -2.39. The molecule has 0 aromatic rings. The molecule has 4 fully saturated rings. The third kappa shape index (κ3) is 1.31. The maximum Gasteiger partial charge on any atom is 0.305 e. The number of aliphatic hydroxyl groups is 1. The summed E-state index contributed by atoms with van der Waals surface area (Å²) < 4.78 is 5.64. The molecule has 8 unspecified atom stereocenters. The number of ether oxygens (including phenoxy) is 1. The molecule has 0 aromatic carbocycles. The van der Waals surface area contributed by atoms with Crippen LogP contribution in [0.3, 0.4) is 0 Å². The van der Waals surface area contributed by atoms with Crippen molar-refractivity contribution in [3.63, 3.8) is 0 Å². The molecule has 4 saturated carbocycles. The normalized spacial score (nSPS) is 55.9. The van der Waals surface area contributed by atoms with Crippen LogP contribution in [0.2, 0.25) is 0 Å². The minimum absolute atomic E-state index is 0.0349. The Balaban J connectivity index is 1.53. The van der Waals surface area contributed by atoms with Crippen LogP contribution >= 0.6 is 0 Å². The Kier molecular flexibility index (Phi) is 2.33. The first-order chi connectivity index (χ1) is 8.69. The Morgan fingerprint density at radius 2 is 1.78 bits per heavy atom. The second-order valence-corrected chi connectivity index (χ2v) is 6.89. The fraction of sp³-hybridized carbons (Fsp3) is 0.933. The molecule has 0 aliphatic heterocycles. The molecular formula is C15H22O3. The maximum atomic E-state index is 11.5. The molecule has 8 atom stereocenters. The molecule has 3 nitrogen and oxygen atoms in total. The largest absolute Gasteiger partial charge is 0.462 e. The van der Waals surface area contributed by atoms with Gasteiger partial charge in [-0.3, -0.25) is 4.79 Å². The van der Waals surface area contributed by atoms with Crippen LogP contribution in [0.1, 0.15) is 39.0 Å². The number of carbonyl (C=O) groups is 1. The predicted octanol–water partition coefficient (Wildman–Crippen LogP) is 1.98. The SMILES string of the molecule is CCC(=O)OC1CC2CC1C1C3CC(O)C(C3)C21. The van der Waals surface area contributed by atoms with E-state index in [-0.39, 0.29) is 18.2 Å². The van der Waals surface area contributed by atoms with Crippen molar-refractivity contribution in [1.29, 1.82) is 0 Å². The molecule has 1 N–H and O–H groups in total. The lowest BCUT2D eigenvalue weighted by molar-refractivity contribution is -0.154. The van der Waals surface area contributed by atoms with Gasteiger partial charge in [0.2, 0.25) is 0 Å². The fourth-order valence-electron chi connectivity index (χ4n) is 5.89. The summed E-state index contributed by atoms with van der Waals surface area (Å²) in [6.07, 6.45) is 5.20. The van der Waals surface area contributed by atoms with E-state index in [0.717, 1.165) is 30.6 Å². The predicted molar refractivity (Wildman–Crippen MR) is 65.6 cm³/mol. The van der Waals surface area contributed by atoms with Crippen LogP contribution in [0.5, 0.6) is 0 Å². The summed E-state index contributed by atoms with van der Waals surface area (Å²) >= 11 is 0. The lowest BCUT2D eigenvalue weighted by Crippen LogP contribution is -2.40. The van der Waals surface area contributed by atoms with E-state index in [1.54, 1.807) is 0 Å². The summed E-state index contributed by atoms with van der Waals surface area (Å²) in [6, 6.07) is 0. The molecule has 3 heteroatoms. The molecule has 0 spiro atoms. The van der Waals surface area contributed by atoms with Gasteiger partial charge in [-0.25, -0.2) is 0 Å². The number of carbonyl (C=O) groups excluding carboxylic acids is 1. The van der Waals surface area contributed by atoms with Gasteiger partial charge >= 0.3 is 5.97 Å². The highest BCUT2D eigenvalue weighted by Crippen LogP contribution is 2.67. The summed E-state index contributed by atoms with van der Waals surface area (Å²) in [5, 5.41) is 10.1. The minimum Gasteiger partial charge on any atom is -0.462 e. The average Bonchev–Trinajstić information content (AvgIpc) is 3.04. The first-order valence-electron chi connectivity index (χ1n) is 7.56. The van der Waals surface area contributed by atoms with Crippen LogP contribution in [0.25, 0.3) is 0 Å². The van der Waals surface area contributed by atoms with Crippen molar-refractivity contribution in [3.8, 4) is 0 Å². The molecule has 4 bridgehead atoms. The maximum absolute atomic E-state index is 11.5. The average molecular weight is 250 g/mol. The molecule has 100 valence electrons. The van der Waals surface area contributed by atoms with Crippen LogP contribution in [0.15, 0.2) is 0 Å².